The number of oxazole rings is 1. The SMILES string of the molecule is CCOC(=O)c1nc(C2C(C)(C)C2(C)C)oc1N. The Hall–Kier alpha value is -1.52. The van der Waals surface area contributed by atoms with Gasteiger partial charge in [-0.05, 0) is 17.8 Å². The molecule has 0 bridgehead atoms. The Balaban J connectivity index is 2.29. The summed E-state index contributed by atoms with van der Waals surface area (Å²) in [7, 11) is 0. The summed E-state index contributed by atoms with van der Waals surface area (Å²) in [6, 6.07) is 0. The maximum atomic E-state index is 11.6. The summed E-state index contributed by atoms with van der Waals surface area (Å²) in [4.78, 5) is 15.8. The van der Waals surface area contributed by atoms with Crippen LogP contribution >= 0.6 is 0 Å². The monoisotopic (exact) mass is 252 g/mol. The van der Waals surface area contributed by atoms with Gasteiger partial charge >= 0.3 is 5.97 Å². The molecular weight excluding hydrogens is 232 g/mol. The van der Waals surface area contributed by atoms with Crippen LogP contribution in [0, 0.1) is 10.8 Å². The molecule has 0 aromatic carbocycles. The number of esters is 1. The van der Waals surface area contributed by atoms with Crippen molar-refractivity contribution >= 4 is 11.9 Å². The molecule has 1 aromatic rings. The molecule has 0 radical (unpaired) electrons. The van der Waals surface area contributed by atoms with E-state index in [1.54, 1.807) is 6.92 Å². The van der Waals surface area contributed by atoms with Crippen LogP contribution in [0.25, 0.3) is 0 Å². The van der Waals surface area contributed by atoms with Crippen LogP contribution < -0.4 is 5.73 Å². The summed E-state index contributed by atoms with van der Waals surface area (Å²) >= 11 is 0. The summed E-state index contributed by atoms with van der Waals surface area (Å²) in [5.41, 5.74) is 5.96. The van der Waals surface area contributed by atoms with Crippen molar-refractivity contribution in [3.05, 3.63) is 11.6 Å². The van der Waals surface area contributed by atoms with Gasteiger partial charge in [-0.1, -0.05) is 27.7 Å². The lowest BCUT2D eigenvalue weighted by Crippen LogP contribution is -2.07. The molecule has 5 nitrogen and oxygen atoms in total. The topological polar surface area (TPSA) is 78.3 Å². The average molecular weight is 252 g/mol. The van der Waals surface area contributed by atoms with Gasteiger partial charge in [-0.25, -0.2) is 9.78 Å². The molecular formula is C13H20N2O3. The second-order valence-electron chi connectivity index (χ2n) is 5.86. The van der Waals surface area contributed by atoms with Gasteiger partial charge in [0.05, 0.1) is 6.61 Å². The van der Waals surface area contributed by atoms with E-state index in [2.05, 4.69) is 32.7 Å². The Bertz CT molecular complexity index is 474. The van der Waals surface area contributed by atoms with Crippen molar-refractivity contribution in [3.63, 3.8) is 0 Å². The summed E-state index contributed by atoms with van der Waals surface area (Å²) in [6.45, 7) is 10.7. The summed E-state index contributed by atoms with van der Waals surface area (Å²) < 4.78 is 10.3. The van der Waals surface area contributed by atoms with Gasteiger partial charge in [-0.3, -0.25) is 0 Å². The van der Waals surface area contributed by atoms with Crippen LogP contribution in [0.15, 0.2) is 4.42 Å². The van der Waals surface area contributed by atoms with Crippen molar-refractivity contribution in [2.75, 3.05) is 12.3 Å². The lowest BCUT2D eigenvalue weighted by Gasteiger charge is -2.03. The molecule has 0 aliphatic heterocycles. The molecule has 2 N–H and O–H groups in total. The van der Waals surface area contributed by atoms with E-state index in [9.17, 15) is 4.79 Å². The first-order chi connectivity index (χ1) is 8.23. The van der Waals surface area contributed by atoms with Crippen LogP contribution in [0.4, 0.5) is 5.88 Å². The van der Waals surface area contributed by atoms with Gasteiger partial charge in [0.1, 0.15) is 0 Å². The zero-order chi connectivity index (χ0) is 13.7. The molecule has 0 unspecified atom stereocenters. The molecule has 0 amide bonds. The summed E-state index contributed by atoms with van der Waals surface area (Å²) in [5.74, 6) is 0.226. The number of hydrogen-bond donors (Lipinski definition) is 1. The third kappa shape index (κ3) is 1.61. The molecule has 1 aliphatic carbocycles. The molecule has 0 atom stereocenters. The van der Waals surface area contributed by atoms with Crippen LogP contribution in [0.5, 0.6) is 0 Å². The predicted octanol–water partition coefficient (Wildman–Crippen LogP) is 2.58. The number of nitrogen functional groups attached to an aromatic ring is 1. The number of hydrogen-bond acceptors (Lipinski definition) is 5. The summed E-state index contributed by atoms with van der Waals surface area (Å²) in [6.07, 6.45) is 0. The smallest absolute Gasteiger partial charge is 0.362 e. The third-order valence-corrected chi connectivity index (χ3v) is 4.41. The minimum Gasteiger partial charge on any atom is -0.461 e. The molecule has 2 rings (SSSR count). The van der Waals surface area contributed by atoms with Gasteiger partial charge in [0.15, 0.2) is 0 Å². The van der Waals surface area contributed by atoms with E-state index >= 15 is 0 Å². The molecule has 5 heteroatoms. The van der Waals surface area contributed by atoms with Gasteiger partial charge in [0, 0.05) is 5.92 Å². The number of aromatic nitrogens is 1. The minimum atomic E-state index is -0.527. The fourth-order valence-electron chi connectivity index (χ4n) is 2.63. The van der Waals surface area contributed by atoms with E-state index in [0.29, 0.717) is 12.5 Å². The first-order valence-electron chi connectivity index (χ1n) is 6.16. The van der Waals surface area contributed by atoms with E-state index < -0.39 is 5.97 Å². The van der Waals surface area contributed by atoms with Crippen molar-refractivity contribution in [1.29, 1.82) is 0 Å². The first-order valence-corrected chi connectivity index (χ1v) is 6.16. The Morgan fingerprint density at radius 3 is 2.39 bits per heavy atom. The van der Waals surface area contributed by atoms with Gasteiger partial charge in [-0.15, -0.1) is 0 Å². The van der Waals surface area contributed by atoms with Crippen molar-refractivity contribution in [3.8, 4) is 0 Å². The molecule has 1 aromatic heterocycles. The predicted molar refractivity (Wildman–Crippen MR) is 67.2 cm³/mol. The molecule has 1 aliphatic rings. The highest BCUT2D eigenvalue weighted by atomic mass is 16.5. The largest absolute Gasteiger partial charge is 0.461 e. The highest BCUT2D eigenvalue weighted by Gasteiger charge is 2.67. The van der Waals surface area contributed by atoms with E-state index in [1.165, 1.54) is 0 Å². The molecule has 1 heterocycles. The number of ether oxygens (including phenoxy) is 1. The van der Waals surface area contributed by atoms with E-state index in [-0.39, 0.29) is 28.3 Å². The van der Waals surface area contributed by atoms with E-state index in [1.807, 2.05) is 0 Å². The Kier molecular flexibility index (Phi) is 2.68. The Morgan fingerprint density at radius 1 is 1.39 bits per heavy atom. The molecule has 0 spiro atoms. The lowest BCUT2D eigenvalue weighted by atomic mass is 10.0. The number of nitrogens with two attached hydrogens (primary N) is 1. The number of anilines is 1. The van der Waals surface area contributed by atoms with E-state index in [4.69, 9.17) is 14.9 Å². The van der Waals surface area contributed by atoms with E-state index in [0.717, 1.165) is 0 Å². The molecule has 1 fully saturated rings. The van der Waals surface area contributed by atoms with Gasteiger partial charge in [0.25, 0.3) is 0 Å². The zero-order valence-corrected chi connectivity index (χ0v) is 11.5. The molecule has 18 heavy (non-hydrogen) atoms. The summed E-state index contributed by atoms with van der Waals surface area (Å²) in [5, 5.41) is 0. The number of carbonyl (C=O) groups is 1. The maximum Gasteiger partial charge on any atom is 0.362 e. The zero-order valence-electron chi connectivity index (χ0n) is 11.5. The molecule has 1 saturated carbocycles. The highest BCUT2D eigenvalue weighted by molar-refractivity contribution is 5.91. The van der Waals surface area contributed by atoms with Gasteiger partial charge in [-0.2, -0.15) is 0 Å². The number of carbonyl (C=O) groups excluding carboxylic acids is 1. The van der Waals surface area contributed by atoms with Crippen molar-refractivity contribution < 1.29 is 13.9 Å². The van der Waals surface area contributed by atoms with Crippen LogP contribution in [-0.4, -0.2) is 17.6 Å². The number of rotatable bonds is 3. The van der Waals surface area contributed by atoms with Crippen LogP contribution in [0.3, 0.4) is 0 Å². The van der Waals surface area contributed by atoms with Crippen LogP contribution in [-0.2, 0) is 4.74 Å². The maximum absolute atomic E-state index is 11.6. The molecule has 100 valence electrons. The van der Waals surface area contributed by atoms with Crippen LogP contribution in [0.1, 0.15) is 56.9 Å². The highest BCUT2D eigenvalue weighted by Crippen LogP contribution is 2.73. The third-order valence-electron chi connectivity index (χ3n) is 4.41. The molecule has 0 saturated heterocycles. The first kappa shape index (κ1) is 12.9. The quantitative estimate of drug-likeness (QED) is 0.836. The van der Waals surface area contributed by atoms with Crippen molar-refractivity contribution in [1.82, 2.24) is 4.98 Å². The number of nitrogens with zero attached hydrogens (tertiary/aromatic N) is 1. The lowest BCUT2D eigenvalue weighted by molar-refractivity contribution is 0.0521. The van der Waals surface area contributed by atoms with Crippen molar-refractivity contribution in [2.24, 2.45) is 10.8 Å². The Morgan fingerprint density at radius 2 is 1.94 bits per heavy atom. The fourth-order valence-corrected chi connectivity index (χ4v) is 2.63. The van der Waals surface area contributed by atoms with Gasteiger partial charge in [0.2, 0.25) is 17.5 Å². The fraction of sp³-hybridized carbons (Fsp3) is 0.692. The second-order valence-corrected chi connectivity index (χ2v) is 5.86. The second kappa shape index (κ2) is 3.73. The standard InChI is InChI=1S/C13H20N2O3/c1-6-17-11(16)7-9(14)18-10(15-7)8-12(2,3)13(8,4)5/h8H,6,14H2,1-5H3. The Labute approximate surface area is 107 Å². The van der Waals surface area contributed by atoms with Gasteiger partial charge < -0.3 is 14.9 Å². The normalized spacial score (nSPS) is 20.7. The van der Waals surface area contributed by atoms with Crippen molar-refractivity contribution in [2.45, 2.75) is 40.5 Å². The minimum absolute atomic E-state index is 0.0435. The van der Waals surface area contributed by atoms with Crippen LogP contribution in [0.2, 0.25) is 0 Å². The average Bonchev–Trinajstić information content (AvgIpc) is 2.56.